The maximum Gasteiger partial charge on any atom is 0.229 e. The van der Waals surface area contributed by atoms with Gasteiger partial charge in [-0.2, -0.15) is 4.98 Å². The van der Waals surface area contributed by atoms with E-state index in [1.807, 2.05) is 0 Å². The van der Waals surface area contributed by atoms with Gasteiger partial charge in [-0.25, -0.2) is 0 Å². The molecular weight excluding hydrogens is 202 g/mol. The molecule has 2 N–H and O–H groups in total. The van der Waals surface area contributed by atoms with Crippen LogP contribution in [0.4, 0.5) is 0 Å². The van der Waals surface area contributed by atoms with E-state index in [0.29, 0.717) is 17.9 Å². The Kier molecular flexibility index (Phi) is 3.59. The zero-order valence-corrected chi connectivity index (χ0v) is 10.1. The lowest BCUT2D eigenvalue weighted by atomic mass is 10.1. The fourth-order valence-corrected chi connectivity index (χ4v) is 2.19. The van der Waals surface area contributed by atoms with Gasteiger partial charge in [0.05, 0.1) is 0 Å². The van der Waals surface area contributed by atoms with Crippen molar-refractivity contribution in [3.8, 4) is 0 Å². The van der Waals surface area contributed by atoms with E-state index in [-0.39, 0.29) is 0 Å². The Morgan fingerprint density at radius 3 is 2.88 bits per heavy atom. The van der Waals surface area contributed by atoms with Gasteiger partial charge < -0.3 is 10.3 Å². The van der Waals surface area contributed by atoms with Crippen molar-refractivity contribution < 1.29 is 4.52 Å². The Hall–Kier alpha value is -0.900. The highest BCUT2D eigenvalue weighted by atomic mass is 16.5. The first kappa shape index (κ1) is 11.6. The standard InChI is InChI=1S/C12H21N3O/c1-8(2)3-6-11-14-12(16-15-11)9-4-5-10(13)7-9/h8-10H,3-7,13H2,1-2H3/t9-,10+/m1/s1. The van der Waals surface area contributed by atoms with Gasteiger partial charge in [0.25, 0.3) is 0 Å². The summed E-state index contributed by atoms with van der Waals surface area (Å²) in [5, 5.41) is 4.03. The minimum Gasteiger partial charge on any atom is -0.339 e. The van der Waals surface area contributed by atoms with Crippen LogP contribution < -0.4 is 5.73 Å². The molecule has 1 aliphatic rings. The van der Waals surface area contributed by atoms with Crippen LogP contribution in [0.5, 0.6) is 0 Å². The highest BCUT2D eigenvalue weighted by Gasteiger charge is 2.27. The molecule has 90 valence electrons. The third-order valence-corrected chi connectivity index (χ3v) is 3.25. The molecule has 1 aromatic rings. The summed E-state index contributed by atoms with van der Waals surface area (Å²) in [6.07, 6.45) is 5.19. The van der Waals surface area contributed by atoms with E-state index < -0.39 is 0 Å². The van der Waals surface area contributed by atoms with Gasteiger partial charge in [-0.15, -0.1) is 0 Å². The molecule has 0 aliphatic heterocycles. The molecule has 2 rings (SSSR count). The number of hydrogen-bond donors (Lipinski definition) is 1. The molecule has 1 aromatic heterocycles. The van der Waals surface area contributed by atoms with Crippen molar-refractivity contribution in [1.82, 2.24) is 10.1 Å². The fraction of sp³-hybridized carbons (Fsp3) is 0.833. The minimum absolute atomic E-state index is 0.316. The number of nitrogens with zero attached hydrogens (tertiary/aromatic N) is 2. The zero-order valence-electron chi connectivity index (χ0n) is 10.1. The monoisotopic (exact) mass is 223 g/mol. The smallest absolute Gasteiger partial charge is 0.229 e. The summed E-state index contributed by atoms with van der Waals surface area (Å²) in [6, 6.07) is 0.316. The molecule has 0 unspecified atom stereocenters. The number of aromatic nitrogens is 2. The second-order valence-corrected chi connectivity index (χ2v) is 5.25. The Morgan fingerprint density at radius 2 is 2.25 bits per heavy atom. The molecule has 1 aliphatic carbocycles. The van der Waals surface area contributed by atoms with Gasteiger partial charge in [0.2, 0.25) is 5.89 Å². The molecular formula is C12H21N3O. The van der Waals surface area contributed by atoms with Crippen LogP contribution in [0, 0.1) is 5.92 Å². The topological polar surface area (TPSA) is 64.9 Å². The molecule has 4 nitrogen and oxygen atoms in total. The average Bonchev–Trinajstić information content (AvgIpc) is 2.83. The first-order chi connectivity index (χ1) is 7.65. The molecule has 0 amide bonds. The van der Waals surface area contributed by atoms with Gasteiger partial charge in [0.1, 0.15) is 0 Å². The first-order valence-electron chi connectivity index (χ1n) is 6.23. The molecule has 0 aromatic carbocycles. The first-order valence-corrected chi connectivity index (χ1v) is 6.23. The van der Waals surface area contributed by atoms with Crippen LogP contribution in [-0.2, 0) is 6.42 Å². The third-order valence-electron chi connectivity index (χ3n) is 3.25. The van der Waals surface area contributed by atoms with Crippen molar-refractivity contribution in [2.24, 2.45) is 11.7 Å². The van der Waals surface area contributed by atoms with Gasteiger partial charge in [-0.05, 0) is 31.6 Å². The summed E-state index contributed by atoms with van der Waals surface area (Å²) in [6.45, 7) is 4.41. The Balaban J connectivity index is 1.91. The number of aryl methyl sites for hydroxylation is 1. The molecule has 0 spiro atoms. The van der Waals surface area contributed by atoms with Gasteiger partial charge in [0, 0.05) is 18.4 Å². The van der Waals surface area contributed by atoms with E-state index >= 15 is 0 Å². The maximum atomic E-state index is 5.88. The van der Waals surface area contributed by atoms with E-state index in [2.05, 4.69) is 24.0 Å². The van der Waals surface area contributed by atoms with E-state index in [1.165, 1.54) is 0 Å². The zero-order chi connectivity index (χ0) is 11.5. The number of hydrogen-bond acceptors (Lipinski definition) is 4. The second-order valence-electron chi connectivity index (χ2n) is 5.25. The maximum absolute atomic E-state index is 5.88. The Morgan fingerprint density at radius 1 is 1.44 bits per heavy atom. The van der Waals surface area contributed by atoms with Crippen LogP contribution in [0.1, 0.15) is 57.2 Å². The summed E-state index contributed by atoms with van der Waals surface area (Å²) in [4.78, 5) is 4.47. The molecule has 16 heavy (non-hydrogen) atoms. The Bertz CT molecular complexity index is 335. The van der Waals surface area contributed by atoms with Crippen LogP contribution in [0.2, 0.25) is 0 Å². The minimum atomic E-state index is 0.316. The predicted octanol–water partition coefficient (Wildman–Crippen LogP) is 2.25. The van der Waals surface area contributed by atoms with Crippen LogP contribution in [0.3, 0.4) is 0 Å². The van der Waals surface area contributed by atoms with Crippen molar-refractivity contribution in [3.05, 3.63) is 11.7 Å². The Labute approximate surface area is 96.6 Å². The van der Waals surface area contributed by atoms with Crippen molar-refractivity contribution in [3.63, 3.8) is 0 Å². The second kappa shape index (κ2) is 4.95. The molecule has 1 fully saturated rings. The van der Waals surface area contributed by atoms with Crippen LogP contribution >= 0.6 is 0 Å². The summed E-state index contributed by atoms with van der Waals surface area (Å²) in [7, 11) is 0. The van der Waals surface area contributed by atoms with Crippen molar-refractivity contribution in [2.75, 3.05) is 0 Å². The third kappa shape index (κ3) is 2.82. The van der Waals surface area contributed by atoms with E-state index in [0.717, 1.165) is 43.8 Å². The summed E-state index contributed by atoms with van der Waals surface area (Å²) in [5.74, 6) is 2.73. The van der Waals surface area contributed by atoms with E-state index in [1.54, 1.807) is 0 Å². The molecule has 4 heteroatoms. The van der Waals surface area contributed by atoms with Crippen molar-refractivity contribution in [2.45, 2.75) is 57.9 Å². The van der Waals surface area contributed by atoms with E-state index in [9.17, 15) is 0 Å². The number of nitrogens with two attached hydrogens (primary N) is 1. The average molecular weight is 223 g/mol. The van der Waals surface area contributed by atoms with Crippen molar-refractivity contribution in [1.29, 1.82) is 0 Å². The molecule has 0 bridgehead atoms. The lowest BCUT2D eigenvalue weighted by molar-refractivity contribution is 0.348. The van der Waals surface area contributed by atoms with Crippen molar-refractivity contribution >= 4 is 0 Å². The summed E-state index contributed by atoms with van der Waals surface area (Å²) < 4.78 is 5.31. The van der Waals surface area contributed by atoms with Gasteiger partial charge in [0.15, 0.2) is 5.82 Å². The lowest BCUT2D eigenvalue weighted by Crippen LogP contribution is -2.14. The molecule has 1 saturated carbocycles. The molecule has 0 saturated heterocycles. The van der Waals surface area contributed by atoms with Gasteiger partial charge >= 0.3 is 0 Å². The SMILES string of the molecule is CC(C)CCc1noc([C@@H]2CC[C@H](N)C2)n1. The predicted molar refractivity (Wildman–Crippen MR) is 62.0 cm³/mol. The van der Waals surface area contributed by atoms with Gasteiger partial charge in [-0.3, -0.25) is 0 Å². The van der Waals surface area contributed by atoms with Crippen LogP contribution in [0.25, 0.3) is 0 Å². The highest BCUT2D eigenvalue weighted by Crippen LogP contribution is 2.32. The largest absolute Gasteiger partial charge is 0.339 e. The fourth-order valence-electron chi connectivity index (χ4n) is 2.19. The lowest BCUT2D eigenvalue weighted by Gasteiger charge is -2.01. The van der Waals surface area contributed by atoms with E-state index in [4.69, 9.17) is 10.3 Å². The van der Waals surface area contributed by atoms with Gasteiger partial charge in [-0.1, -0.05) is 19.0 Å². The molecule has 1 heterocycles. The molecule has 0 radical (unpaired) electrons. The number of rotatable bonds is 4. The van der Waals surface area contributed by atoms with Crippen LogP contribution in [-0.4, -0.2) is 16.2 Å². The highest BCUT2D eigenvalue weighted by molar-refractivity contribution is 4.99. The van der Waals surface area contributed by atoms with Crippen LogP contribution in [0.15, 0.2) is 4.52 Å². The normalized spacial score (nSPS) is 25.5. The quantitative estimate of drug-likeness (QED) is 0.850. The summed E-state index contributed by atoms with van der Waals surface area (Å²) in [5.41, 5.74) is 5.88. The molecule has 2 atom stereocenters. The summed E-state index contributed by atoms with van der Waals surface area (Å²) >= 11 is 0.